The summed E-state index contributed by atoms with van der Waals surface area (Å²) < 4.78 is 5.99. The van der Waals surface area contributed by atoms with Crippen molar-refractivity contribution in [1.29, 1.82) is 5.26 Å². The average molecular weight is 357 g/mol. The van der Waals surface area contributed by atoms with Crippen LogP contribution in [0.25, 0.3) is 6.08 Å². The number of methoxy groups -OCH3 is 1. The molecule has 0 heterocycles. The van der Waals surface area contributed by atoms with Gasteiger partial charge in [-0.05, 0) is 29.8 Å². The first-order valence-corrected chi connectivity index (χ1v) is 7.25. The number of amides is 1. The van der Waals surface area contributed by atoms with E-state index in [4.69, 9.17) is 4.74 Å². The van der Waals surface area contributed by atoms with Gasteiger partial charge in [0.05, 0.1) is 12.8 Å². The number of para-hydroxylation sites is 2. The fraction of sp³-hybridized carbons (Fsp3) is 0.0588. The number of rotatable bonds is 4. The van der Waals surface area contributed by atoms with E-state index in [0.29, 0.717) is 11.4 Å². The number of nitrogens with zero attached hydrogens (tertiary/aromatic N) is 1. The van der Waals surface area contributed by atoms with Crippen LogP contribution in [0.4, 0.5) is 5.69 Å². The molecule has 0 bridgehead atoms. The van der Waals surface area contributed by atoms with Crippen molar-refractivity contribution in [2.75, 3.05) is 12.4 Å². The second-order valence-electron chi connectivity index (χ2n) is 4.35. The monoisotopic (exact) mass is 356 g/mol. The summed E-state index contributed by atoms with van der Waals surface area (Å²) in [7, 11) is 1.52. The van der Waals surface area contributed by atoms with E-state index in [0.717, 1.165) is 10.0 Å². The minimum absolute atomic E-state index is 0.0119. The van der Waals surface area contributed by atoms with Crippen LogP contribution in [0.3, 0.4) is 0 Å². The largest absolute Gasteiger partial charge is 0.495 e. The lowest BCUT2D eigenvalue weighted by atomic mass is 10.1. The first-order chi connectivity index (χ1) is 10.7. The van der Waals surface area contributed by atoms with Crippen molar-refractivity contribution >= 4 is 33.6 Å². The molecule has 0 unspecified atom stereocenters. The predicted octanol–water partition coefficient (Wildman–Crippen LogP) is 4.00. The van der Waals surface area contributed by atoms with Gasteiger partial charge in [0, 0.05) is 4.47 Å². The maximum atomic E-state index is 12.3. The van der Waals surface area contributed by atoms with Crippen molar-refractivity contribution in [2.45, 2.75) is 0 Å². The third kappa shape index (κ3) is 3.74. The van der Waals surface area contributed by atoms with Gasteiger partial charge < -0.3 is 10.1 Å². The fourth-order valence-corrected chi connectivity index (χ4v) is 2.23. The van der Waals surface area contributed by atoms with E-state index in [1.165, 1.54) is 13.2 Å². The van der Waals surface area contributed by atoms with Crippen LogP contribution in [0.1, 0.15) is 5.56 Å². The van der Waals surface area contributed by atoms with Crippen LogP contribution in [-0.4, -0.2) is 13.0 Å². The molecule has 1 N–H and O–H groups in total. The van der Waals surface area contributed by atoms with Crippen LogP contribution in [0, 0.1) is 11.3 Å². The van der Waals surface area contributed by atoms with Gasteiger partial charge in [0.2, 0.25) is 0 Å². The number of carbonyl (C=O) groups excluding carboxylic acids is 1. The van der Waals surface area contributed by atoms with E-state index in [2.05, 4.69) is 21.2 Å². The van der Waals surface area contributed by atoms with E-state index >= 15 is 0 Å². The second-order valence-corrected chi connectivity index (χ2v) is 5.20. The molecular weight excluding hydrogens is 344 g/mol. The van der Waals surface area contributed by atoms with Gasteiger partial charge in [-0.3, -0.25) is 4.79 Å². The Morgan fingerprint density at radius 2 is 1.91 bits per heavy atom. The number of nitrogens with one attached hydrogen (secondary N) is 1. The Bertz CT molecular complexity index is 763. The zero-order chi connectivity index (χ0) is 15.9. The highest BCUT2D eigenvalue weighted by atomic mass is 79.9. The Balaban J connectivity index is 2.27. The molecule has 0 aliphatic heterocycles. The molecule has 110 valence electrons. The van der Waals surface area contributed by atoms with Crippen molar-refractivity contribution in [3.8, 4) is 11.8 Å². The van der Waals surface area contributed by atoms with Gasteiger partial charge in [-0.1, -0.05) is 46.3 Å². The molecule has 5 heteroatoms. The number of anilines is 1. The van der Waals surface area contributed by atoms with Crippen LogP contribution in [0.15, 0.2) is 58.6 Å². The molecule has 2 aromatic carbocycles. The summed E-state index contributed by atoms with van der Waals surface area (Å²) >= 11 is 3.39. The van der Waals surface area contributed by atoms with Gasteiger partial charge in [0.15, 0.2) is 0 Å². The van der Waals surface area contributed by atoms with Crippen molar-refractivity contribution in [1.82, 2.24) is 0 Å². The van der Waals surface area contributed by atoms with Crippen molar-refractivity contribution in [3.63, 3.8) is 0 Å². The molecule has 22 heavy (non-hydrogen) atoms. The summed E-state index contributed by atoms with van der Waals surface area (Å²) in [5.74, 6) is 0.0526. The lowest BCUT2D eigenvalue weighted by molar-refractivity contribution is -0.112. The van der Waals surface area contributed by atoms with E-state index in [9.17, 15) is 10.1 Å². The maximum Gasteiger partial charge on any atom is 0.266 e. The van der Waals surface area contributed by atoms with Gasteiger partial charge >= 0.3 is 0 Å². The van der Waals surface area contributed by atoms with E-state index in [1.807, 2.05) is 30.3 Å². The molecule has 0 radical (unpaired) electrons. The number of hydrogen-bond donors (Lipinski definition) is 1. The summed E-state index contributed by atoms with van der Waals surface area (Å²) in [4.78, 5) is 12.3. The van der Waals surface area contributed by atoms with Crippen molar-refractivity contribution < 1.29 is 9.53 Å². The standard InChI is InChI=1S/C17H13BrN2O2/c1-22-16-9-5-4-8-15(16)20-17(21)13(11-19)10-12-6-2-3-7-14(12)18/h2-10H,1H3,(H,20,21)/b13-10+. The minimum atomic E-state index is -0.484. The van der Waals surface area contributed by atoms with Crippen LogP contribution in [0.2, 0.25) is 0 Å². The molecular formula is C17H13BrN2O2. The van der Waals surface area contributed by atoms with Crippen LogP contribution in [-0.2, 0) is 4.79 Å². The molecule has 2 aromatic rings. The Hall–Kier alpha value is -2.58. The minimum Gasteiger partial charge on any atom is -0.495 e. The van der Waals surface area contributed by atoms with E-state index in [-0.39, 0.29) is 5.57 Å². The molecule has 0 saturated heterocycles. The first-order valence-electron chi connectivity index (χ1n) is 6.46. The number of nitriles is 1. The molecule has 0 aliphatic carbocycles. The molecule has 0 aromatic heterocycles. The Morgan fingerprint density at radius 1 is 1.23 bits per heavy atom. The number of hydrogen-bond acceptors (Lipinski definition) is 3. The Morgan fingerprint density at radius 3 is 2.59 bits per heavy atom. The molecule has 0 atom stereocenters. The molecule has 0 saturated carbocycles. The Kier molecular flexibility index (Phi) is 5.34. The second kappa shape index (κ2) is 7.43. The predicted molar refractivity (Wildman–Crippen MR) is 89.4 cm³/mol. The molecule has 1 amide bonds. The third-order valence-corrected chi connectivity index (χ3v) is 3.65. The first kappa shape index (κ1) is 15.8. The molecule has 2 rings (SSSR count). The van der Waals surface area contributed by atoms with Gasteiger partial charge in [-0.15, -0.1) is 0 Å². The lowest BCUT2D eigenvalue weighted by Gasteiger charge is -2.09. The summed E-state index contributed by atoms with van der Waals surface area (Å²) in [6.45, 7) is 0. The van der Waals surface area contributed by atoms with Gasteiger partial charge in [0.25, 0.3) is 5.91 Å². The maximum absolute atomic E-state index is 12.3. The normalized spacial score (nSPS) is 10.7. The highest BCUT2D eigenvalue weighted by molar-refractivity contribution is 9.10. The molecule has 0 spiro atoms. The summed E-state index contributed by atoms with van der Waals surface area (Å²) in [5.41, 5.74) is 1.29. The highest BCUT2D eigenvalue weighted by Gasteiger charge is 2.12. The van der Waals surface area contributed by atoms with Gasteiger partial charge in [-0.2, -0.15) is 5.26 Å². The Labute approximate surface area is 137 Å². The summed E-state index contributed by atoms with van der Waals surface area (Å²) in [6, 6.07) is 16.3. The van der Waals surface area contributed by atoms with Crippen LogP contribution in [0.5, 0.6) is 5.75 Å². The van der Waals surface area contributed by atoms with Crippen LogP contribution < -0.4 is 10.1 Å². The third-order valence-electron chi connectivity index (χ3n) is 2.93. The topological polar surface area (TPSA) is 62.1 Å². The average Bonchev–Trinajstić information content (AvgIpc) is 2.54. The smallest absolute Gasteiger partial charge is 0.266 e. The van der Waals surface area contributed by atoms with Gasteiger partial charge in [-0.25, -0.2) is 0 Å². The number of halogens is 1. The molecule has 4 nitrogen and oxygen atoms in total. The zero-order valence-electron chi connectivity index (χ0n) is 11.8. The van der Waals surface area contributed by atoms with E-state index in [1.54, 1.807) is 24.3 Å². The number of carbonyl (C=O) groups is 1. The quantitative estimate of drug-likeness (QED) is 0.665. The SMILES string of the molecule is COc1ccccc1NC(=O)/C(C#N)=C/c1ccccc1Br. The zero-order valence-corrected chi connectivity index (χ0v) is 13.4. The number of ether oxygens (including phenoxy) is 1. The van der Waals surface area contributed by atoms with Crippen molar-refractivity contribution in [2.24, 2.45) is 0 Å². The molecule has 0 aliphatic rings. The van der Waals surface area contributed by atoms with Crippen LogP contribution >= 0.6 is 15.9 Å². The fourth-order valence-electron chi connectivity index (χ4n) is 1.83. The summed E-state index contributed by atoms with van der Waals surface area (Å²) in [5, 5.41) is 11.9. The van der Waals surface area contributed by atoms with Gasteiger partial charge in [0.1, 0.15) is 17.4 Å². The highest BCUT2D eigenvalue weighted by Crippen LogP contribution is 2.24. The molecule has 0 fully saturated rings. The summed E-state index contributed by atoms with van der Waals surface area (Å²) in [6.07, 6.45) is 1.54. The lowest BCUT2D eigenvalue weighted by Crippen LogP contribution is -2.14. The van der Waals surface area contributed by atoms with Crippen molar-refractivity contribution in [3.05, 3.63) is 64.1 Å². The number of benzene rings is 2. The van der Waals surface area contributed by atoms with E-state index < -0.39 is 5.91 Å².